The van der Waals surface area contributed by atoms with Gasteiger partial charge in [0.05, 0.1) is 11.4 Å². The summed E-state index contributed by atoms with van der Waals surface area (Å²) in [5.74, 6) is -0.481. The lowest BCUT2D eigenvalue weighted by atomic mass is 10.0. The van der Waals surface area contributed by atoms with Crippen LogP contribution in [0.15, 0.2) is 83.8 Å². The van der Waals surface area contributed by atoms with E-state index in [1.807, 2.05) is 82.3 Å². The van der Waals surface area contributed by atoms with E-state index in [2.05, 4.69) is 5.32 Å². The molecule has 0 unspecified atom stereocenters. The van der Waals surface area contributed by atoms with Crippen LogP contribution in [0.25, 0.3) is 0 Å². The van der Waals surface area contributed by atoms with Gasteiger partial charge in [-0.1, -0.05) is 91.7 Å². The highest BCUT2D eigenvalue weighted by molar-refractivity contribution is 7.89. The molecule has 1 atom stereocenters. The topological polar surface area (TPSA) is 86.8 Å². The van der Waals surface area contributed by atoms with Gasteiger partial charge in [-0.3, -0.25) is 9.59 Å². The quantitative estimate of drug-likeness (QED) is 0.364. The first-order chi connectivity index (χ1) is 18.5. The third-order valence-electron chi connectivity index (χ3n) is 6.48. The Bertz CT molecular complexity index is 1360. The van der Waals surface area contributed by atoms with Crippen LogP contribution in [0.5, 0.6) is 0 Å². The first kappa shape index (κ1) is 30.1. The molecule has 208 valence electrons. The van der Waals surface area contributed by atoms with Gasteiger partial charge in [-0.25, -0.2) is 8.42 Å². The Morgan fingerprint density at radius 1 is 0.846 bits per heavy atom. The Kier molecular flexibility index (Phi) is 10.4. The number of amides is 2. The minimum absolute atomic E-state index is 0.115. The molecule has 0 aromatic heterocycles. The molecule has 39 heavy (non-hydrogen) atoms. The number of benzene rings is 3. The van der Waals surface area contributed by atoms with E-state index in [1.54, 1.807) is 12.1 Å². The van der Waals surface area contributed by atoms with Gasteiger partial charge in [0, 0.05) is 26.6 Å². The monoisotopic (exact) mass is 549 g/mol. The van der Waals surface area contributed by atoms with Crippen LogP contribution < -0.4 is 5.32 Å². The van der Waals surface area contributed by atoms with Gasteiger partial charge >= 0.3 is 0 Å². The number of aryl methyl sites for hydroxylation is 2. The van der Waals surface area contributed by atoms with Crippen molar-refractivity contribution in [3.05, 3.63) is 101 Å². The molecule has 0 radical (unpaired) electrons. The van der Waals surface area contributed by atoms with Crippen molar-refractivity contribution < 1.29 is 18.0 Å². The zero-order valence-corrected chi connectivity index (χ0v) is 24.2. The molecule has 0 spiro atoms. The summed E-state index contributed by atoms with van der Waals surface area (Å²) in [5.41, 5.74) is 3.74. The van der Waals surface area contributed by atoms with Crippen molar-refractivity contribution in [2.75, 3.05) is 20.1 Å². The number of hydrogen-bond donors (Lipinski definition) is 1. The van der Waals surface area contributed by atoms with Crippen molar-refractivity contribution in [1.29, 1.82) is 0 Å². The molecule has 3 rings (SSSR count). The van der Waals surface area contributed by atoms with E-state index in [1.165, 1.54) is 24.1 Å². The smallest absolute Gasteiger partial charge is 0.243 e. The van der Waals surface area contributed by atoms with E-state index in [4.69, 9.17) is 0 Å². The van der Waals surface area contributed by atoms with Crippen molar-refractivity contribution in [3.63, 3.8) is 0 Å². The highest BCUT2D eigenvalue weighted by Crippen LogP contribution is 2.19. The number of sulfonamides is 1. The fraction of sp³-hybridized carbons (Fsp3) is 0.355. The van der Waals surface area contributed by atoms with Gasteiger partial charge in [0.2, 0.25) is 21.8 Å². The van der Waals surface area contributed by atoms with Crippen molar-refractivity contribution in [2.24, 2.45) is 5.92 Å². The van der Waals surface area contributed by atoms with Crippen molar-refractivity contribution in [2.45, 2.75) is 51.6 Å². The Hall–Kier alpha value is -3.49. The number of carbonyl (C=O) groups is 2. The molecule has 0 fully saturated rings. The van der Waals surface area contributed by atoms with E-state index in [-0.39, 0.29) is 23.3 Å². The molecule has 3 aromatic rings. The lowest BCUT2D eigenvalue weighted by molar-refractivity contribution is -0.141. The molecule has 0 saturated carbocycles. The minimum atomic E-state index is -3.90. The lowest BCUT2D eigenvalue weighted by Gasteiger charge is -2.33. The Morgan fingerprint density at radius 3 is 2.10 bits per heavy atom. The predicted molar refractivity (Wildman–Crippen MR) is 155 cm³/mol. The van der Waals surface area contributed by atoms with E-state index in [0.29, 0.717) is 13.0 Å². The van der Waals surface area contributed by atoms with Crippen LogP contribution in [-0.4, -0.2) is 55.6 Å². The van der Waals surface area contributed by atoms with Gasteiger partial charge in [0.1, 0.15) is 6.04 Å². The number of carbonyl (C=O) groups excluding carboxylic acids is 2. The molecule has 1 N–H and O–H groups in total. The second-order valence-corrected chi connectivity index (χ2v) is 12.5. The minimum Gasteiger partial charge on any atom is -0.354 e. The Morgan fingerprint density at radius 2 is 1.49 bits per heavy atom. The molecule has 2 amide bonds. The summed E-state index contributed by atoms with van der Waals surface area (Å²) in [6, 6.07) is 23.0. The maximum absolute atomic E-state index is 13.9. The molecule has 0 aliphatic heterocycles. The Labute approximate surface area is 232 Å². The first-order valence-corrected chi connectivity index (χ1v) is 14.6. The van der Waals surface area contributed by atoms with Crippen LogP contribution in [0.2, 0.25) is 0 Å². The summed E-state index contributed by atoms with van der Waals surface area (Å²) in [7, 11) is -2.51. The third-order valence-corrected chi connectivity index (χ3v) is 8.30. The SMILES string of the molecule is Cc1ccc(S(=O)(=O)N(C)CC(=O)N(Cc2cccc(C)c2)[C@@H](Cc2ccccc2)C(=O)NCC(C)C)cc1. The van der Waals surface area contributed by atoms with Crippen molar-refractivity contribution in [3.8, 4) is 0 Å². The zero-order valence-electron chi connectivity index (χ0n) is 23.4. The predicted octanol–water partition coefficient (Wildman–Crippen LogP) is 4.34. The third kappa shape index (κ3) is 8.50. The van der Waals surface area contributed by atoms with Crippen molar-refractivity contribution >= 4 is 21.8 Å². The fourth-order valence-electron chi connectivity index (χ4n) is 4.24. The van der Waals surface area contributed by atoms with Crippen LogP contribution in [0, 0.1) is 19.8 Å². The van der Waals surface area contributed by atoms with Gasteiger partial charge in [0.15, 0.2) is 0 Å². The molecule has 0 aliphatic rings. The number of rotatable bonds is 12. The maximum atomic E-state index is 13.9. The van der Waals surface area contributed by atoms with Crippen LogP contribution in [0.4, 0.5) is 0 Å². The molecule has 3 aromatic carbocycles. The zero-order chi connectivity index (χ0) is 28.6. The van der Waals surface area contributed by atoms with Crippen LogP contribution in [0.1, 0.15) is 36.1 Å². The first-order valence-electron chi connectivity index (χ1n) is 13.2. The van der Waals surface area contributed by atoms with E-state index >= 15 is 0 Å². The van der Waals surface area contributed by atoms with E-state index in [0.717, 1.165) is 26.6 Å². The second-order valence-electron chi connectivity index (χ2n) is 10.4. The number of nitrogens with one attached hydrogen (secondary N) is 1. The summed E-state index contributed by atoms with van der Waals surface area (Å²) in [6.45, 7) is 8.10. The van der Waals surface area contributed by atoms with Crippen LogP contribution in [0.3, 0.4) is 0 Å². The highest BCUT2D eigenvalue weighted by atomic mass is 32.2. The van der Waals surface area contributed by atoms with Crippen molar-refractivity contribution in [1.82, 2.24) is 14.5 Å². The van der Waals surface area contributed by atoms with Gasteiger partial charge in [-0.2, -0.15) is 4.31 Å². The molecule has 0 saturated heterocycles. The Balaban J connectivity index is 1.96. The molecular formula is C31H39N3O4S. The largest absolute Gasteiger partial charge is 0.354 e. The maximum Gasteiger partial charge on any atom is 0.243 e. The molecule has 8 heteroatoms. The number of nitrogens with zero attached hydrogens (tertiary/aromatic N) is 2. The lowest BCUT2D eigenvalue weighted by Crippen LogP contribution is -2.53. The van der Waals surface area contributed by atoms with Crippen LogP contribution >= 0.6 is 0 Å². The molecule has 0 bridgehead atoms. The number of likely N-dealkylation sites (N-methyl/N-ethyl adjacent to an activating group) is 1. The summed E-state index contributed by atoms with van der Waals surface area (Å²) in [6.07, 6.45) is 0.302. The van der Waals surface area contributed by atoms with Gasteiger partial charge in [0.25, 0.3) is 0 Å². The normalized spacial score (nSPS) is 12.4. The van der Waals surface area contributed by atoms with Gasteiger partial charge < -0.3 is 10.2 Å². The molecule has 0 aliphatic carbocycles. The molecular weight excluding hydrogens is 510 g/mol. The van der Waals surface area contributed by atoms with E-state index < -0.39 is 28.5 Å². The fourth-order valence-corrected chi connectivity index (χ4v) is 5.36. The average Bonchev–Trinajstić information content (AvgIpc) is 2.90. The highest BCUT2D eigenvalue weighted by Gasteiger charge is 2.33. The molecule has 0 heterocycles. The average molecular weight is 550 g/mol. The summed E-state index contributed by atoms with van der Waals surface area (Å²) >= 11 is 0. The number of hydrogen-bond acceptors (Lipinski definition) is 4. The van der Waals surface area contributed by atoms with Gasteiger partial charge in [-0.15, -0.1) is 0 Å². The standard InChI is InChI=1S/C31H39N3O4S/c1-23(2)20-32-31(36)29(19-26-11-7-6-8-12-26)34(21-27-13-9-10-25(4)18-27)30(35)22-33(5)39(37,38)28-16-14-24(3)15-17-28/h6-18,23,29H,19-22H2,1-5H3,(H,32,36)/t29-/m0/s1. The van der Waals surface area contributed by atoms with Crippen LogP contribution in [-0.2, 0) is 32.6 Å². The van der Waals surface area contributed by atoms with Gasteiger partial charge in [-0.05, 0) is 43.0 Å². The molecule has 7 nitrogen and oxygen atoms in total. The van der Waals surface area contributed by atoms with E-state index in [9.17, 15) is 18.0 Å². The second kappa shape index (κ2) is 13.5. The summed E-state index contributed by atoms with van der Waals surface area (Å²) < 4.78 is 27.6. The summed E-state index contributed by atoms with van der Waals surface area (Å²) in [5, 5.41) is 2.98. The summed E-state index contributed by atoms with van der Waals surface area (Å²) in [4.78, 5) is 29.1.